The molecule has 10 heteroatoms. The SMILES string of the molecule is COc1cc(F)cc(C(=O)NC2CC(CS(=O)(=O)c3cccc(C(F)(F)F)c3)C2)c1. The Morgan fingerprint density at radius 2 is 1.87 bits per heavy atom. The van der Waals surface area contributed by atoms with Gasteiger partial charge < -0.3 is 10.1 Å². The van der Waals surface area contributed by atoms with Crippen LogP contribution in [0.2, 0.25) is 0 Å². The van der Waals surface area contributed by atoms with Crippen molar-refractivity contribution in [3.63, 3.8) is 0 Å². The molecule has 0 heterocycles. The van der Waals surface area contributed by atoms with Crippen molar-refractivity contribution in [2.24, 2.45) is 5.92 Å². The van der Waals surface area contributed by atoms with Gasteiger partial charge in [-0.1, -0.05) is 6.07 Å². The van der Waals surface area contributed by atoms with Crippen molar-refractivity contribution in [2.75, 3.05) is 12.9 Å². The normalized spacial score (nSPS) is 19.1. The van der Waals surface area contributed by atoms with E-state index in [1.54, 1.807) is 0 Å². The van der Waals surface area contributed by atoms with Crippen LogP contribution in [0.3, 0.4) is 0 Å². The van der Waals surface area contributed by atoms with E-state index in [0.717, 1.165) is 30.3 Å². The predicted octanol–water partition coefficient (Wildman–Crippen LogP) is 3.84. The van der Waals surface area contributed by atoms with Gasteiger partial charge in [0.1, 0.15) is 11.6 Å². The van der Waals surface area contributed by atoms with Gasteiger partial charge in [0.05, 0.1) is 23.3 Å². The number of methoxy groups -OCH3 is 1. The molecule has 162 valence electrons. The van der Waals surface area contributed by atoms with E-state index in [0.29, 0.717) is 18.9 Å². The van der Waals surface area contributed by atoms with E-state index in [1.165, 1.54) is 13.2 Å². The van der Waals surface area contributed by atoms with Crippen molar-refractivity contribution in [2.45, 2.75) is 30.0 Å². The predicted molar refractivity (Wildman–Crippen MR) is 100 cm³/mol. The van der Waals surface area contributed by atoms with E-state index in [4.69, 9.17) is 4.74 Å². The van der Waals surface area contributed by atoms with Crippen molar-refractivity contribution in [1.82, 2.24) is 5.32 Å². The molecular formula is C20H19F4NO4S. The second-order valence-corrected chi connectivity index (χ2v) is 9.23. The zero-order chi connectivity index (χ0) is 22.1. The van der Waals surface area contributed by atoms with Gasteiger partial charge in [-0.25, -0.2) is 12.8 Å². The number of alkyl halides is 3. The van der Waals surface area contributed by atoms with Crippen LogP contribution in [0.1, 0.15) is 28.8 Å². The minimum Gasteiger partial charge on any atom is -0.497 e. The van der Waals surface area contributed by atoms with Gasteiger partial charge in [0.2, 0.25) is 0 Å². The standard InChI is InChI=1S/C20H19F4NO4S/c1-29-17-8-13(7-15(21)10-17)19(26)25-16-5-12(6-16)11-30(27,28)18-4-2-3-14(9-18)20(22,23)24/h2-4,7-10,12,16H,5-6,11H2,1H3,(H,25,26). The Balaban J connectivity index is 1.58. The third-order valence-corrected chi connectivity index (χ3v) is 6.80. The largest absolute Gasteiger partial charge is 0.497 e. The number of carbonyl (C=O) groups excluding carboxylic acids is 1. The summed E-state index contributed by atoms with van der Waals surface area (Å²) in [6.07, 6.45) is -3.91. The minimum atomic E-state index is -4.63. The summed E-state index contributed by atoms with van der Waals surface area (Å²) in [5.74, 6) is -1.56. The summed E-state index contributed by atoms with van der Waals surface area (Å²) in [5.41, 5.74) is -0.945. The van der Waals surface area contributed by atoms with Gasteiger partial charge in [-0.2, -0.15) is 13.2 Å². The highest BCUT2D eigenvalue weighted by Crippen LogP contribution is 2.33. The highest BCUT2D eigenvalue weighted by molar-refractivity contribution is 7.91. The average Bonchev–Trinajstić information content (AvgIpc) is 2.65. The molecule has 30 heavy (non-hydrogen) atoms. The van der Waals surface area contributed by atoms with Gasteiger partial charge in [0.15, 0.2) is 9.84 Å². The highest BCUT2D eigenvalue weighted by atomic mass is 32.2. The summed E-state index contributed by atoms with van der Waals surface area (Å²) in [5, 5.41) is 2.69. The van der Waals surface area contributed by atoms with E-state index >= 15 is 0 Å². The number of nitrogens with one attached hydrogen (secondary N) is 1. The number of rotatable bonds is 6. The molecule has 1 fully saturated rings. The first-order valence-electron chi connectivity index (χ1n) is 9.03. The van der Waals surface area contributed by atoms with Gasteiger partial charge >= 0.3 is 6.18 Å². The Morgan fingerprint density at radius 3 is 2.50 bits per heavy atom. The average molecular weight is 445 g/mol. The summed E-state index contributed by atoms with van der Waals surface area (Å²) < 4.78 is 81.8. The lowest BCUT2D eigenvalue weighted by atomic mass is 9.81. The Bertz CT molecular complexity index is 1050. The Morgan fingerprint density at radius 1 is 1.17 bits per heavy atom. The van der Waals surface area contributed by atoms with E-state index in [1.807, 2.05) is 0 Å². The number of hydrogen-bond donors (Lipinski definition) is 1. The van der Waals surface area contributed by atoms with Crippen molar-refractivity contribution < 1.29 is 35.5 Å². The van der Waals surface area contributed by atoms with Crippen LogP contribution in [0.5, 0.6) is 5.75 Å². The van der Waals surface area contributed by atoms with Gasteiger partial charge in [-0.15, -0.1) is 0 Å². The third-order valence-electron chi connectivity index (χ3n) is 4.92. The topological polar surface area (TPSA) is 72.5 Å². The molecule has 0 spiro atoms. The Labute approximate surface area is 171 Å². The second kappa shape index (κ2) is 8.25. The maximum absolute atomic E-state index is 13.5. The number of benzene rings is 2. The number of halogens is 4. The monoisotopic (exact) mass is 445 g/mol. The maximum atomic E-state index is 13.5. The highest BCUT2D eigenvalue weighted by Gasteiger charge is 2.36. The summed E-state index contributed by atoms with van der Waals surface area (Å²) in [6.45, 7) is 0. The number of sulfone groups is 1. The molecule has 1 aliphatic rings. The van der Waals surface area contributed by atoms with E-state index < -0.39 is 33.3 Å². The fourth-order valence-electron chi connectivity index (χ4n) is 3.34. The molecule has 1 amide bonds. The molecule has 2 aromatic carbocycles. The second-order valence-electron chi connectivity index (χ2n) is 7.19. The molecule has 1 aliphatic carbocycles. The van der Waals surface area contributed by atoms with Crippen molar-refractivity contribution in [3.05, 3.63) is 59.4 Å². The van der Waals surface area contributed by atoms with Crippen LogP contribution < -0.4 is 10.1 Å². The first-order chi connectivity index (χ1) is 14.0. The fourth-order valence-corrected chi connectivity index (χ4v) is 5.02. The van der Waals surface area contributed by atoms with E-state index in [2.05, 4.69) is 5.32 Å². The number of hydrogen-bond acceptors (Lipinski definition) is 4. The van der Waals surface area contributed by atoms with Gasteiger partial charge in [0, 0.05) is 17.7 Å². The molecule has 0 radical (unpaired) electrons. The maximum Gasteiger partial charge on any atom is 0.416 e. The zero-order valence-electron chi connectivity index (χ0n) is 15.9. The lowest BCUT2D eigenvalue weighted by molar-refractivity contribution is -0.137. The molecule has 0 bridgehead atoms. The zero-order valence-corrected chi connectivity index (χ0v) is 16.7. The first-order valence-corrected chi connectivity index (χ1v) is 10.7. The molecule has 2 aromatic rings. The van der Waals surface area contributed by atoms with Crippen LogP contribution in [0.15, 0.2) is 47.4 Å². The van der Waals surface area contributed by atoms with Crippen LogP contribution in [0.4, 0.5) is 17.6 Å². The van der Waals surface area contributed by atoms with Crippen LogP contribution in [0.25, 0.3) is 0 Å². The smallest absolute Gasteiger partial charge is 0.416 e. The summed E-state index contributed by atoms with van der Waals surface area (Å²) in [7, 11) is -2.56. The number of amides is 1. The third kappa shape index (κ3) is 5.10. The summed E-state index contributed by atoms with van der Waals surface area (Å²) in [4.78, 5) is 11.9. The molecule has 0 saturated heterocycles. The Hall–Kier alpha value is -2.62. The van der Waals surface area contributed by atoms with Crippen LogP contribution >= 0.6 is 0 Å². The quantitative estimate of drug-likeness (QED) is 0.686. The molecule has 0 unspecified atom stereocenters. The van der Waals surface area contributed by atoms with Crippen LogP contribution in [-0.4, -0.2) is 33.2 Å². The minimum absolute atomic E-state index is 0.0758. The molecule has 0 atom stereocenters. The van der Waals surface area contributed by atoms with Gasteiger partial charge in [0.25, 0.3) is 5.91 Å². The molecule has 0 aliphatic heterocycles. The fraction of sp³-hybridized carbons (Fsp3) is 0.350. The van der Waals surface area contributed by atoms with Crippen molar-refractivity contribution >= 4 is 15.7 Å². The van der Waals surface area contributed by atoms with E-state index in [-0.39, 0.29) is 33.9 Å². The Kier molecular flexibility index (Phi) is 6.07. The molecule has 3 rings (SSSR count). The molecule has 0 aromatic heterocycles. The van der Waals surface area contributed by atoms with Crippen LogP contribution in [-0.2, 0) is 16.0 Å². The van der Waals surface area contributed by atoms with Crippen LogP contribution in [0, 0.1) is 11.7 Å². The number of ether oxygens (including phenoxy) is 1. The molecule has 1 N–H and O–H groups in total. The lowest BCUT2D eigenvalue weighted by Crippen LogP contribution is -2.46. The summed E-state index contributed by atoms with van der Waals surface area (Å²) >= 11 is 0. The molecule has 5 nitrogen and oxygen atoms in total. The molecular weight excluding hydrogens is 426 g/mol. The summed E-state index contributed by atoms with van der Waals surface area (Å²) in [6, 6.07) is 6.92. The van der Waals surface area contributed by atoms with Gasteiger partial charge in [-0.05, 0) is 49.1 Å². The lowest BCUT2D eigenvalue weighted by Gasteiger charge is -2.35. The van der Waals surface area contributed by atoms with E-state index in [9.17, 15) is 30.8 Å². The van der Waals surface area contributed by atoms with Crippen molar-refractivity contribution in [1.29, 1.82) is 0 Å². The number of carbonyl (C=O) groups is 1. The van der Waals surface area contributed by atoms with Crippen molar-refractivity contribution in [3.8, 4) is 5.75 Å². The first kappa shape index (κ1) is 22.1. The van der Waals surface area contributed by atoms with Gasteiger partial charge in [-0.3, -0.25) is 4.79 Å². The molecule has 1 saturated carbocycles.